The second kappa shape index (κ2) is 4.32. The first-order chi connectivity index (χ1) is 8.06. The molecule has 1 unspecified atom stereocenters. The van der Waals surface area contributed by atoms with Gasteiger partial charge in [0.1, 0.15) is 0 Å². The summed E-state index contributed by atoms with van der Waals surface area (Å²) in [5, 5.41) is 0. The van der Waals surface area contributed by atoms with E-state index in [4.69, 9.17) is 16.2 Å². The van der Waals surface area contributed by atoms with Gasteiger partial charge in [-0.3, -0.25) is 0 Å². The maximum absolute atomic E-state index is 11.7. The van der Waals surface area contributed by atoms with Crippen molar-refractivity contribution >= 4 is 23.3 Å². The van der Waals surface area contributed by atoms with E-state index in [1.165, 1.54) is 18.2 Å². The van der Waals surface area contributed by atoms with E-state index in [2.05, 4.69) is 4.74 Å². The van der Waals surface area contributed by atoms with Crippen LogP contribution in [0.4, 0.5) is 11.4 Å². The summed E-state index contributed by atoms with van der Waals surface area (Å²) in [5.41, 5.74) is 12.1. The van der Waals surface area contributed by atoms with Gasteiger partial charge in [0.25, 0.3) is 0 Å². The van der Waals surface area contributed by atoms with Crippen molar-refractivity contribution in [3.8, 4) is 0 Å². The first kappa shape index (κ1) is 11.3. The Balaban J connectivity index is 2.11. The fraction of sp³-hybridized carbons (Fsp3) is 0.273. The topological polar surface area (TPSA) is 105 Å². The van der Waals surface area contributed by atoms with E-state index < -0.39 is 18.0 Å². The van der Waals surface area contributed by atoms with Gasteiger partial charge in [-0.25, -0.2) is 9.59 Å². The van der Waals surface area contributed by atoms with E-state index in [1.807, 2.05) is 0 Å². The zero-order valence-corrected chi connectivity index (χ0v) is 9.01. The number of rotatable bonds is 2. The first-order valence-corrected chi connectivity index (χ1v) is 5.10. The zero-order chi connectivity index (χ0) is 12.4. The molecule has 1 saturated heterocycles. The fourth-order valence-corrected chi connectivity index (χ4v) is 1.58. The van der Waals surface area contributed by atoms with Crippen LogP contribution in [0.3, 0.4) is 0 Å². The van der Waals surface area contributed by atoms with Crippen LogP contribution in [0.1, 0.15) is 16.8 Å². The summed E-state index contributed by atoms with van der Waals surface area (Å²) >= 11 is 0. The van der Waals surface area contributed by atoms with Crippen LogP contribution in [0.2, 0.25) is 0 Å². The highest BCUT2D eigenvalue weighted by atomic mass is 16.6. The summed E-state index contributed by atoms with van der Waals surface area (Å²) in [7, 11) is 0. The van der Waals surface area contributed by atoms with Gasteiger partial charge in [0, 0.05) is 17.8 Å². The Hall–Kier alpha value is -2.24. The van der Waals surface area contributed by atoms with Crippen molar-refractivity contribution in [1.82, 2.24) is 0 Å². The van der Waals surface area contributed by atoms with Crippen molar-refractivity contribution in [2.45, 2.75) is 12.5 Å². The normalized spacial score (nSPS) is 18.8. The van der Waals surface area contributed by atoms with Gasteiger partial charge in [-0.05, 0) is 18.2 Å². The Labute approximate surface area is 97.5 Å². The van der Waals surface area contributed by atoms with Crippen LogP contribution in [-0.2, 0) is 14.3 Å². The molecule has 0 bridgehead atoms. The van der Waals surface area contributed by atoms with Crippen molar-refractivity contribution in [3.63, 3.8) is 0 Å². The number of cyclic esters (lactones) is 1. The number of benzene rings is 1. The molecule has 0 aliphatic carbocycles. The predicted octanol–water partition coefficient (Wildman–Crippen LogP) is 0.323. The molecule has 1 aromatic rings. The molecule has 1 aliphatic rings. The van der Waals surface area contributed by atoms with E-state index in [0.717, 1.165) is 0 Å². The van der Waals surface area contributed by atoms with Gasteiger partial charge in [0.05, 0.1) is 12.2 Å². The number of hydrogen-bond donors (Lipinski definition) is 2. The lowest BCUT2D eigenvalue weighted by molar-refractivity contribution is -0.145. The van der Waals surface area contributed by atoms with Crippen molar-refractivity contribution in [2.75, 3.05) is 18.1 Å². The lowest BCUT2D eigenvalue weighted by Gasteiger charge is -2.09. The molecule has 0 saturated carbocycles. The summed E-state index contributed by atoms with van der Waals surface area (Å²) in [4.78, 5) is 22.8. The van der Waals surface area contributed by atoms with E-state index in [0.29, 0.717) is 17.8 Å². The summed E-state index contributed by atoms with van der Waals surface area (Å²) in [6.45, 7) is 0.274. The number of nitrogen functional groups attached to an aromatic ring is 2. The van der Waals surface area contributed by atoms with Crippen LogP contribution in [0.5, 0.6) is 0 Å². The minimum atomic E-state index is -0.829. The smallest absolute Gasteiger partial charge is 0.347 e. The van der Waals surface area contributed by atoms with Gasteiger partial charge in [0.15, 0.2) is 0 Å². The molecule has 17 heavy (non-hydrogen) atoms. The molecule has 0 radical (unpaired) electrons. The molecule has 0 amide bonds. The first-order valence-electron chi connectivity index (χ1n) is 5.10. The van der Waals surface area contributed by atoms with Crippen LogP contribution < -0.4 is 11.5 Å². The minimum Gasteiger partial charge on any atom is -0.463 e. The molecule has 90 valence electrons. The van der Waals surface area contributed by atoms with Gasteiger partial charge in [-0.15, -0.1) is 0 Å². The molecule has 1 aromatic carbocycles. The summed E-state index contributed by atoms with van der Waals surface area (Å²) in [5.74, 6) is -1.15. The molecule has 4 N–H and O–H groups in total. The monoisotopic (exact) mass is 236 g/mol. The highest BCUT2D eigenvalue weighted by Crippen LogP contribution is 2.17. The van der Waals surface area contributed by atoms with E-state index >= 15 is 0 Å². The number of carbonyl (C=O) groups is 2. The second-order valence-corrected chi connectivity index (χ2v) is 3.74. The molecule has 1 heterocycles. The second-order valence-electron chi connectivity index (χ2n) is 3.74. The number of esters is 2. The summed E-state index contributed by atoms with van der Waals surface area (Å²) in [6.07, 6.45) is -0.451. The average Bonchev–Trinajstić information content (AvgIpc) is 2.63. The van der Waals surface area contributed by atoms with Gasteiger partial charge in [0.2, 0.25) is 6.10 Å². The lowest BCUT2D eigenvalue weighted by Crippen LogP contribution is -2.22. The SMILES string of the molecule is Nc1cc(N)cc(C(=O)OC2CCOC2=O)c1. The zero-order valence-electron chi connectivity index (χ0n) is 9.01. The van der Waals surface area contributed by atoms with Crippen molar-refractivity contribution < 1.29 is 19.1 Å². The van der Waals surface area contributed by atoms with Gasteiger partial charge in [-0.1, -0.05) is 0 Å². The third-order valence-corrected chi connectivity index (χ3v) is 2.35. The number of hydrogen-bond acceptors (Lipinski definition) is 6. The summed E-state index contributed by atoms with van der Waals surface area (Å²) in [6, 6.07) is 4.42. The van der Waals surface area contributed by atoms with Crippen LogP contribution >= 0.6 is 0 Å². The van der Waals surface area contributed by atoms with Crippen molar-refractivity contribution in [3.05, 3.63) is 23.8 Å². The maximum atomic E-state index is 11.7. The van der Waals surface area contributed by atoms with Gasteiger partial charge >= 0.3 is 11.9 Å². The van der Waals surface area contributed by atoms with E-state index in [1.54, 1.807) is 0 Å². The van der Waals surface area contributed by atoms with Crippen molar-refractivity contribution in [1.29, 1.82) is 0 Å². The molecule has 1 aliphatic heterocycles. The molecule has 6 heteroatoms. The van der Waals surface area contributed by atoms with Crippen molar-refractivity contribution in [2.24, 2.45) is 0 Å². The average molecular weight is 236 g/mol. The molecular formula is C11H12N2O4. The third kappa shape index (κ3) is 2.47. The van der Waals surface area contributed by atoms with Gasteiger partial charge in [-0.2, -0.15) is 0 Å². The van der Waals surface area contributed by atoms with E-state index in [9.17, 15) is 9.59 Å². The number of nitrogens with two attached hydrogens (primary N) is 2. The Morgan fingerprint density at radius 2 is 1.94 bits per heavy atom. The molecular weight excluding hydrogens is 224 g/mol. The molecule has 1 fully saturated rings. The van der Waals surface area contributed by atoms with E-state index in [-0.39, 0.29) is 12.2 Å². The molecule has 0 spiro atoms. The quantitative estimate of drug-likeness (QED) is 0.566. The lowest BCUT2D eigenvalue weighted by atomic mass is 10.2. The summed E-state index contributed by atoms with van der Waals surface area (Å²) < 4.78 is 9.68. The predicted molar refractivity (Wildman–Crippen MR) is 60.0 cm³/mol. The van der Waals surface area contributed by atoms with Crippen LogP contribution in [0, 0.1) is 0 Å². The fourth-order valence-electron chi connectivity index (χ4n) is 1.58. The largest absolute Gasteiger partial charge is 0.463 e. The van der Waals surface area contributed by atoms with Crippen LogP contribution in [0.15, 0.2) is 18.2 Å². The highest BCUT2D eigenvalue weighted by Gasteiger charge is 2.30. The molecule has 2 rings (SSSR count). The third-order valence-electron chi connectivity index (χ3n) is 2.35. The molecule has 1 atom stereocenters. The Morgan fingerprint density at radius 1 is 1.29 bits per heavy atom. The van der Waals surface area contributed by atoms with Crippen LogP contribution in [-0.4, -0.2) is 24.6 Å². The molecule has 0 aromatic heterocycles. The number of ether oxygens (including phenoxy) is 2. The van der Waals surface area contributed by atoms with Crippen LogP contribution in [0.25, 0.3) is 0 Å². The highest BCUT2D eigenvalue weighted by molar-refractivity contribution is 5.93. The Kier molecular flexibility index (Phi) is 2.86. The minimum absolute atomic E-state index is 0.224. The van der Waals surface area contributed by atoms with Gasteiger partial charge < -0.3 is 20.9 Å². The molecule has 6 nitrogen and oxygen atoms in total. The Morgan fingerprint density at radius 3 is 2.47 bits per heavy atom. The number of anilines is 2. The maximum Gasteiger partial charge on any atom is 0.347 e. The number of carbonyl (C=O) groups excluding carboxylic acids is 2. The Bertz CT molecular complexity index is 452. The standard InChI is InChI=1S/C11H12N2O4/c12-7-3-6(4-8(13)5-7)10(14)17-9-1-2-16-11(9)15/h3-5,9H,1-2,12-13H2.